The molecule has 3 aromatic rings. The highest BCUT2D eigenvalue weighted by molar-refractivity contribution is 5.77. The highest BCUT2D eigenvalue weighted by atomic mass is 16.7. The van der Waals surface area contributed by atoms with Gasteiger partial charge >= 0.3 is 0 Å². The van der Waals surface area contributed by atoms with E-state index in [1.165, 1.54) is 6.20 Å². The highest BCUT2D eigenvalue weighted by Gasteiger charge is 2.17. The fraction of sp³-hybridized carbons (Fsp3) is 0.176. The first-order chi connectivity index (χ1) is 10.7. The van der Waals surface area contributed by atoms with Gasteiger partial charge in [-0.2, -0.15) is 4.73 Å². The third-order valence-electron chi connectivity index (χ3n) is 3.59. The van der Waals surface area contributed by atoms with Gasteiger partial charge in [-0.15, -0.1) is 0 Å². The van der Waals surface area contributed by atoms with Crippen molar-refractivity contribution in [2.75, 3.05) is 7.11 Å². The Balaban J connectivity index is 2.02. The van der Waals surface area contributed by atoms with Crippen molar-refractivity contribution in [2.45, 2.75) is 13.5 Å². The minimum absolute atomic E-state index is 0.425. The molecule has 0 N–H and O–H groups in total. The number of benzene rings is 2. The van der Waals surface area contributed by atoms with E-state index in [4.69, 9.17) is 9.57 Å². The number of hydrogen-bond acceptors (Lipinski definition) is 3. The van der Waals surface area contributed by atoms with Crippen LogP contribution in [0.5, 0.6) is 5.75 Å². The number of aromatic nitrogens is 2. The van der Waals surface area contributed by atoms with Gasteiger partial charge in [0.15, 0.2) is 5.52 Å². The zero-order valence-electron chi connectivity index (χ0n) is 12.5. The van der Waals surface area contributed by atoms with Gasteiger partial charge in [-0.25, -0.2) is 0 Å². The van der Waals surface area contributed by atoms with Crippen molar-refractivity contribution >= 4 is 11.0 Å². The number of methoxy groups -OCH3 is 1. The SMILES string of the molecule is COc1ccc2c(c1C)[n+](=O)ccn2OCc1ccccc1. The second-order valence-corrected chi connectivity index (χ2v) is 4.97. The standard InChI is InChI=1S/C17H17N2O3/c1-13-16(21-2)9-8-15-17(13)18(20)10-11-19(15)22-12-14-6-4-3-5-7-14/h3-11H,12H2,1-2H3/q+1. The van der Waals surface area contributed by atoms with E-state index in [1.54, 1.807) is 18.0 Å². The van der Waals surface area contributed by atoms with Gasteiger partial charge in [-0.1, -0.05) is 30.3 Å². The number of hydrogen-bond donors (Lipinski definition) is 0. The second-order valence-electron chi connectivity index (χ2n) is 4.97. The normalized spacial score (nSPS) is 10.6. The number of rotatable bonds is 4. The lowest BCUT2D eigenvalue weighted by molar-refractivity contribution is -0.465. The van der Waals surface area contributed by atoms with E-state index in [9.17, 15) is 4.91 Å². The molecule has 5 heteroatoms. The Labute approximate surface area is 127 Å². The number of aryl methyl sites for hydroxylation is 1. The molecule has 3 rings (SSSR count). The molecule has 1 aromatic heterocycles. The molecule has 0 aliphatic rings. The van der Waals surface area contributed by atoms with E-state index in [0.29, 0.717) is 23.4 Å². The van der Waals surface area contributed by atoms with Crippen molar-refractivity contribution < 1.29 is 14.0 Å². The first-order valence-corrected chi connectivity index (χ1v) is 6.99. The third kappa shape index (κ3) is 2.53. The molecular formula is C17H17N2O3+. The molecule has 0 bridgehead atoms. The minimum atomic E-state index is 0.425. The van der Waals surface area contributed by atoms with E-state index < -0.39 is 0 Å². The molecule has 1 heterocycles. The van der Waals surface area contributed by atoms with E-state index in [1.807, 2.05) is 49.4 Å². The monoisotopic (exact) mass is 297 g/mol. The van der Waals surface area contributed by atoms with Gasteiger partial charge in [0.25, 0.3) is 5.52 Å². The summed E-state index contributed by atoms with van der Waals surface area (Å²) in [5, 5.41) is 0. The maximum Gasteiger partial charge on any atom is 0.296 e. The van der Waals surface area contributed by atoms with Gasteiger partial charge in [0.2, 0.25) is 6.20 Å². The Morgan fingerprint density at radius 2 is 1.91 bits per heavy atom. The predicted octanol–water partition coefficient (Wildman–Crippen LogP) is 2.50. The van der Waals surface area contributed by atoms with Gasteiger partial charge in [0, 0.05) is 4.91 Å². The summed E-state index contributed by atoms with van der Waals surface area (Å²) in [4.78, 5) is 17.9. The van der Waals surface area contributed by atoms with Crippen molar-refractivity contribution in [2.24, 2.45) is 0 Å². The van der Waals surface area contributed by atoms with Crippen LogP contribution in [-0.4, -0.2) is 11.8 Å². The summed E-state index contributed by atoms with van der Waals surface area (Å²) in [6.07, 6.45) is 3.05. The van der Waals surface area contributed by atoms with Crippen LogP contribution in [0.4, 0.5) is 0 Å². The Hall–Kier alpha value is -2.82. The van der Waals surface area contributed by atoms with Crippen LogP contribution in [-0.2, 0) is 6.61 Å². The predicted molar refractivity (Wildman–Crippen MR) is 83.3 cm³/mol. The van der Waals surface area contributed by atoms with Crippen molar-refractivity contribution in [3.63, 3.8) is 0 Å². The van der Waals surface area contributed by atoms with Gasteiger partial charge in [0.1, 0.15) is 18.6 Å². The van der Waals surface area contributed by atoms with Crippen molar-refractivity contribution in [3.8, 4) is 5.75 Å². The molecule has 0 saturated heterocycles. The van der Waals surface area contributed by atoms with E-state index >= 15 is 0 Å². The minimum Gasteiger partial charge on any atom is -0.496 e. The highest BCUT2D eigenvalue weighted by Crippen LogP contribution is 2.23. The van der Waals surface area contributed by atoms with E-state index in [0.717, 1.165) is 15.6 Å². The number of ether oxygens (including phenoxy) is 1. The Bertz CT molecular complexity index is 857. The van der Waals surface area contributed by atoms with Gasteiger partial charge in [-0.05, 0) is 24.6 Å². The lowest BCUT2D eigenvalue weighted by Crippen LogP contribution is -2.22. The molecule has 22 heavy (non-hydrogen) atoms. The Morgan fingerprint density at radius 3 is 2.64 bits per heavy atom. The molecule has 0 unspecified atom stereocenters. The summed E-state index contributed by atoms with van der Waals surface area (Å²) >= 11 is 0. The maximum absolute atomic E-state index is 12.1. The van der Waals surface area contributed by atoms with Crippen LogP contribution in [0.15, 0.2) is 54.9 Å². The molecule has 2 aromatic carbocycles. The molecule has 5 nitrogen and oxygen atoms in total. The largest absolute Gasteiger partial charge is 0.496 e. The average molecular weight is 297 g/mol. The van der Waals surface area contributed by atoms with Crippen LogP contribution in [0.25, 0.3) is 11.0 Å². The molecule has 0 atom stereocenters. The van der Waals surface area contributed by atoms with Crippen molar-refractivity contribution in [1.29, 1.82) is 0 Å². The second kappa shape index (κ2) is 5.89. The molecule has 0 spiro atoms. The molecular weight excluding hydrogens is 280 g/mol. The first kappa shape index (κ1) is 14.1. The quantitative estimate of drug-likeness (QED) is 0.695. The van der Waals surface area contributed by atoms with Crippen LogP contribution in [0, 0.1) is 11.8 Å². The Kier molecular flexibility index (Phi) is 3.78. The lowest BCUT2D eigenvalue weighted by atomic mass is 10.2. The summed E-state index contributed by atoms with van der Waals surface area (Å²) in [5.74, 6) is 0.679. The molecule has 0 radical (unpaired) electrons. The topological polar surface area (TPSA) is 46.4 Å². The van der Waals surface area contributed by atoms with Crippen LogP contribution in [0.3, 0.4) is 0 Å². The lowest BCUT2D eigenvalue weighted by Gasteiger charge is -2.11. The van der Waals surface area contributed by atoms with Crippen LogP contribution < -0.4 is 14.0 Å². The zero-order chi connectivity index (χ0) is 15.5. The fourth-order valence-electron chi connectivity index (χ4n) is 2.45. The van der Waals surface area contributed by atoms with Gasteiger partial charge in [0.05, 0.1) is 17.1 Å². The maximum atomic E-state index is 12.1. The number of nitrogens with zero attached hydrogens (tertiary/aromatic N) is 2. The molecule has 112 valence electrons. The van der Waals surface area contributed by atoms with Crippen LogP contribution >= 0.6 is 0 Å². The van der Waals surface area contributed by atoms with Crippen LogP contribution in [0.1, 0.15) is 11.1 Å². The summed E-state index contributed by atoms with van der Waals surface area (Å²) < 4.78 is 7.72. The van der Waals surface area contributed by atoms with Gasteiger partial charge in [-0.3, -0.25) is 0 Å². The molecule has 0 saturated carbocycles. The molecule has 0 aliphatic carbocycles. The Morgan fingerprint density at radius 1 is 1.14 bits per heavy atom. The summed E-state index contributed by atoms with van der Waals surface area (Å²) in [5.41, 5.74) is 3.08. The van der Waals surface area contributed by atoms with Gasteiger partial charge < -0.3 is 9.57 Å². The molecule has 0 amide bonds. The summed E-state index contributed by atoms with van der Waals surface area (Å²) in [6.45, 7) is 2.28. The van der Waals surface area contributed by atoms with E-state index in [-0.39, 0.29) is 0 Å². The molecule has 0 fully saturated rings. The van der Waals surface area contributed by atoms with E-state index in [2.05, 4.69) is 0 Å². The first-order valence-electron chi connectivity index (χ1n) is 6.99. The average Bonchev–Trinajstić information content (AvgIpc) is 2.55. The van der Waals surface area contributed by atoms with Crippen molar-refractivity contribution in [1.82, 2.24) is 4.73 Å². The third-order valence-corrected chi connectivity index (χ3v) is 3.59. The smallest absolute Gasteiger partial charge is 0.296 e. The fourth-order valence-corrected chi connectivity index (χ4v) is 2.45. The molecule has 0 aliphatic heterocycles. The summed E-state index contributed by atoms with van der Waals surface area (Å²) in [6, 6.07) is 13.5. The summed E-state index contributed by atoms with van der Waals surface area (Å²) in [7, 11) is 1.59. The van der Waals surface area contributed by atoms with Crippen LogP contribution in [0.2, 0.25) is 0 Å². The van der Waals surface area contributed by atoms with Crippen molar-refractivity contribution in [3.05, 3.63) is 70.9 Å². The number of fused-ring (bicyclic) bond motifs is 1. The zero-order valence-corrected chi connectivity index (χ0v) is 12.5.